The Balaban J connectivity index is 1.97. The van der Waals surface area contributed by atoms with Crippen LogP contribution in [0.3, 0.4) is 0 Å². The van der Waals surface area contributed by atoms with Crippen LogP contribution in [0.1, 0.15) is 39.0 Å². The van der Waals surface area contributed by atoms with Crippen molar-refractivity contribution in [2.45, 2.75) is 51.2 Å². The molecule has 1 aromatic rings. The molecule has 3 N–H and O–H groups in total. The average molecular weight is 331 g/mol. The monoisotopic (exact) mass is 330 g/mol. The standard InChI is InChI=1S/C15H20Cl2N2O2/c1-9(21-11-5-3-2-4-6-11)15(20)19-14-12(16)7-10(18)8-13(14)17/h7-9,11H,2-6,18H2,1H3,(H,19,20). The zero-order valence-corrected chi connectivity index (χ0v) is 13.5. The summed E-state index contributed by atoms with van der Waals surface area (Å²) >= 11 is 12.1. The minimum Gasteiger partial charge on any atom is -0.399 e. The topological polar surface area (TPSA) is 64.3 Å². The van der Waals surface area contributed by atoms with E-state index in [-0.39, 0.29) is 12.0 Å². The molecule has 1 atom stereocenters. The number of amides is 1. The number of benzene rings is 1. The largest absolute Gasteiger partial charge is 0.399 e. The highest BCUT2D eigenvalue weighted by atomic mass is 35.5. The molecular formula is C15H20Cl2N2O2. The van der Waals surface area contributed by atoms with Gasteiger partial charge in [-0.05, 0) is 31.9 Å². The van der Waals surface area contributed by atoms with Crippen molar-refractivity contribution in [1.29, 1.82) is 0 Å². The van der Waals surface area contributed by atoms with E-state index in [0.717, 1.165) is 25.7 Å². The van der Waals surface area contributed by atoms with Crippen LogP contribution in [0.4, 0.5) is 11.4 Å². The van der Waals surface area contributed by atoms with Crippen LogP contribution in [0.5, 0.6) is 0 Å². The van der Waals surface area contributed by atoms with Crippen molar-refractivity contribution in [2.75, 3.05) is 11.1 Å². The Bertz CT molecular complexity index is 493. The Morgan fingerprint density at radius 1 is 1.29 bits per heavy atom. The normalized spacial score (nSPS) is 17.5. The number of nitrogens with one attached hydrogen (secondary N) is 1. The van der Waals surface area contributed by atoms with E-state index >= 15 is 0 Å². The van der Waals surface area contributed by atoms with Crippen LogP contribution < -0.4 is 11.1 Å². The first-order valence-electron chi connectivity index (χ1n) is 7.18. The second-order valence-corrected chi connectivity index (χ2v) is 6.20. The Labute approximate surface area is 134 Å². The van der Waals surface area contributed by atoms with Gasteiger partial charge in [0.25, 0.3) is 5.91 Å². The SMILES string of the molecule is CC(OC1CCCCC1)C(=O)Nc1c(Cl)cc(N)cc1Cl. The summed E-state index contributed by atoms with van der Waals surface area (Å²) in [5, 5.41) is 3.35. The van der Waals surface area contributed by atoms with Gasteiger partial charge in [0.15, 0.2) is 0 Å². The van der Waals surface area contributed by atoms with E-state index < -0.39 is 6.10 Å². The zero-order valence-electron chi connectivity index (χ0n) is 12.0. The first-order valence-corrected chi connectivity index (χ1v) is 7.94. The molecular weight excluding hydrogens is 311 g/mol. The maximum atomic E-state index is 12.2. The summed E-state index contributed by atoms with van der Waals surface area (Å²) in [6, 6.07) is 3.10. The van der Waals surface area contributed by atoms with Crippen molar-refractivity contribution in [3.05, 3.63) is 22.2 Å². The number of halogens is 2. The highest BCUT2D eigenvalue weighted by Gasteiger charge is 2.22. The zero-order chi connectivity index (χ0) is 15.4. The van der Waals surface area contributed by atoms with Gasteiger partial charge in [0.05, 0.1) is 21.8 Å². The molecule has 1 unspecified atom stereocenters. The summed E-state index contributed by atoms with van der Waals surface area (Å²) in [7, 11) is 0. The first-order chi connectivity index (χ1) is 9.97. The predicted molar refractivity (Wildman–Crippen MR) is 86.9 cm³/mol. The summed E-state index contributed by atoms with van der Waals surface area (Å²) in [6.45, 7) is 1.74. The average Bonchev–Trinajstić information content (AvgIpc) is 2.43. The summed E-state index contributed by atoms with van der Waals surface area (Å²) in [6.07, 6.45) is 5.22. The van der Waals surface area contributed by atoms with Gasteiger partial charge in [0, 0.05) is 5.69 Å². The summed E-state index contributed by atoms with van der Waals surface area (Å²) in [5.41, 5.74) is 6.46. The third-order valence-corrected chi connectivity index (χ3v) is 4.23. The van der Waals surface area contributed by atoms with Crippen LogP contribution in [0.2, 0.25) is 10.0 Å². The van der Waals surface area contributed by atoms with Crippen LogP contribution in [0, 0.1) is 0 Å². The lowest BCUT2D eigenvalue weighted by Crippen LogP contribution is -2.32. The van der Waals surface area contributed by atoms with Crippen LogP contribution in [-0.2, 0) is 9.53 Å². The minimum absolute atomic E-state index is 0.164. The van der Waals surface area contributed by atoms with E-state index in [4.69, 9.17) is 33.7 Å². The van der Waals surface area contributed by atoms with E-state index in [1.807, 2.05) is 0 Å². The van der Waals surface area contributed by atoms with Gasteiger partial charge in [-0.2, -0.15) is 0 Å². The number of nitrogens with two attached hydrogens (primary N) is 1. The van der Waals surface area contributed by atoms with Gasteiger partial charge in [0.2, 0.25) is 0 Å². The van der Waals surface area contributed by atoms with Crippen LogP contribution in [0.15, 0.2) is 12.1 Å². The molecule has 1 saturated carbocycles. The van der Waals surface area contributed by atoms with E-state index in [1.165, 1.54) is 6.42 Å². The molecule has 116 valence electrons. The number of hydrogen-bond acceptors (Lipinski definition) is 3. The molecule has 21 heavy (non-hydrogen) atoms. The molecule has 0 aliphatic heterocycles. The Kier molecular flexibility index (Phi) is 5.73. The van der Waals surface area contributed by atoms with Crippen LogP contribution >= 0.6 is 23.2 Å². The molecule has 0 aromatic heterocycles. The van der Waals surface area contributed by atoms with Crippen molar-refractivity contribution in [3.8, 4) is 0 Å². The molecule has 1 aliphatic rings. The Morgan fingerprint density at radius 3 is 2.43 bits per heavy atom. The van der Waals surface area contributed by atoms with Crippen molar-refractivity contribution in [3.63, 3.8) is 0 Å². The van der Waals surface area contributed by atoms with Crippen LogP contribution in [-0.4, -0.2) is 18.1 Å². The lowest BCUT2D eigenvalue weighted by molar-refractivity contribution is -0.131. The molecule has 6 heteroatoms. The van der Waals surface area contributed by atoms with Gasteiger partial charge in [-0.15, -0.1) is 0 Å². The molecule has 4 nitrogen and oxygen atoms in total. The number of hydrogen-bond donors (Lipinski definition) is 2. The second-order valence-electron chi connectivity index (χ2n) is 5.39. The lowest BCUT2D eigenvalue weighted by Gasteiger charge is -2.25. The fourth-order valence-electron chi connectivity index (χ4n) is 2.49. The number of carbonyl (C=O) groups excluding carboxylic acids is 1. The third-order valence-electron chi connectivity index (χ3n) is 3.63. The number of anilines is 2. The molecule has 1 amide bonds. The van der Waals surface area contributed by atoms with Crippen molar-refractivity contribution >= 4 is 40.5 Å². The molecule has 1 aliphatic carbocycles. The van der Waals surface area contributed by atoms with Crippen molar-refractivity contribution in [1.82, 2.24) is 0 Å². The highest BCUT2D eigenvalue weighted by molar-refractivity contribution is 6.40. The maximum Gasteiger partial charge on any atom is 0.253 e. The number of nitrogen functional groups attached to an aromatic ring is 1. The van der Waals surface area contributed by atoms with Gasteiger partial charge in [0.1, 0.15) is 6.10 Å². The highest BCUT2D eigenvalue weighted by Crippen LogP contribution is 2.33. The van der Waals surface area contributed by atoms with E-state index in [0.29, 0.717) is 21.4 Å². The van der Waals surface area contributed by atoms with Gasteiger partial charge >= 0.3 is 0 Å². The minimum atomic E-state index is -0.544. The van der Waals surface area contributed by atoms with E-state index in [9.17, 15) is 4.79 Å². The van der Waals surface area contributed by atoms with Gasteiger partial charge < -0.3 is 15.8 Å². The molecule has 1 fully saturated rings. The maximum absolute atomic E-state index is 12.2. The predicted octanol–water partition coefficient (Wildman–Crippen LogP) is 4.25. The molecule has 0 spiro atoms. The van der Waals surface area contributed by atoms with E-state index in [2.05, 4.69) is 5.32 Å². The fourth-order valence-corrected chi connectivity index (χ4v) is 3.09. The number of carbonyl (C=O) groups is 1. The molecule has 1 aromatic carbocycles. The fraction of sp³-hybridized carbons (Fsp3) is 0.533. The van der Waals surface area contributed by atoms with Crippen LogP contribution in [0.25, 0.3) is 0 Å². The molecule has 0 radical (unpaired) electrons. The smallest absolute Gasteiger partial charge is 0.253 e. The van der Waals surface area contributed by atoms with E-state index in [1.54, 1.807) is 19.1 Å². The quantitative estimate of drug-likeness (QED) is 0.811. The summed E-state index contributed by atoms with van der Waals surface area (Å²) in [5.74, 6) is -0.255. The van der Waals surface area contributed by atoms with Crippen molar-refractivity contribution < 1.29 is 9.53 Å². The Hall–Kier alpha value is -0.970. The molecule has 0 saturated heterocycles. The summed E-state index contributed by atoms with van der Waals surface area (Å²) < 4.78 is 5.81. The number of rotatable bonds is 4. The molecule has 2 rings (SSSR count). The molecule has 0 heterocycles. The Morgan fingerprint density at radius 2 is 1.86 bits per heavy atom. The summed E-state index contributed by atoms with van der Waals surface area (Å²) in [4.78, 5) is 12.2. The second kappa shape index (κ2) is 7.34. The van der Waals surface area contributed by atoms with Crippen molar-refractivity contribution in [2.24, 2.45) is 0 Å². The molecule has 0 bridgehead atoms. The third kappa shape index (κ3) is 4.50. The van der Waals surface area contributed by atoms with Gasteiger partial charge in [-0.1, -0.05) is 42.5 Å². The van der Waals surface area contributed by atoms with Gasteiger partial charge in [-0.3, -0.25) is 4.79 Å². The first kappa shape index (κ1) is 16.4. The van der Waals surface area contributed by atoms with Gasteiger partial charge in [-0.25, -0.2) is 0 Å². The number of ether oxygens (including phenoxy) is 1. The lowest BCUT2D eigenvalue weighted by atomic mass is 9.97.